The van der Waals surface area contributed by atoms with Gasteiger partial charge in [0.25, 0.3) is 0 Å². The molecular weight excluding hydrogens is 416 g/mol. The number of hydrogen-bond acceptors (Lipinski definition) is 2. The number of amides is 1. The van der Waals surface area contributed by atoms with Crippen molar-refractivity contribution >= 4 is 45.9 Å². The summed E-state index contributed by atoms with van der Waals surface area (Å²) in [6, 6.07) is 4.79. The fourth-order valence-corrected chi connectivity index (χ4v) is 4.46. The van der Waals surface area contributed by atoms with Gasteiger partial charge in [0.1, 0.15) is 11.5 Å². The quantitative estimate of drug-likeness (QED) is 0.503. The summed E-state index contributed by atoms with van der Waals surface area (Å²) in [4.78, 5) is 20.1. The van der Waals surface area contributed by atoms with Gasteiger partial charge in [-0.3, -0.25) is 0 Å². The Balaban J connectivity index is 1.74. The highest BCUT2D eigenvalue weighted by atomic mass is 35.5. The fourth-order valence-electron chi connectivity index (χ4n) is 3.76. The van der Waals surface area contributed by atoms with Crippen LogP contribution in [0.2, 0.25) is 10.0 Å². The second kappa shape index (κ2) is 7.69. The van der Waals surface area contributed by atoms with Crippen LogP contribution in [0.3, 0.4) is 0 Å². The number of aromatic amines is 1. The lowest BCUT2D eigenvalue weighted by Gasteiger charge is -2.23. The first-order chi connectivity index (χ1) is 13.9. The minimum absolute atomic E-state index is 0.0206. The molecule has 0 spiro atoms. The molecule has 5 nitrogen and oxygen atoms in total. The van der Waals surface area contributed by atoms with Crippen molar-refractivity contribution in [3.63, 3.8) is 0 Å². The molecule has 3 heterocycles. The van der Waals surface area contributed by atoms with Crippen LogP contribution in [0, 0.1) is 5.82 Å². The van der Waals surface area contributed by atoms with Crippen molar-refractivity contribution in [2.75, 3.05) is 13.1 Å². The first kappa shape index (κ1) is 19.7. The summed E-state index contributed by atoms with van der Waals surface area (Å²) in [6.45, 7) is 2.73. The van der Waals surface area contributed by atoms with Crippen molar-refractivity contribution in [3.05, 3.63) is 69.2 Å². The van der Waals surface area contributed by atoms with Crippen LogP contribution in [0.25, 0.3) is 16.6 Å². The van der Waals surface area contributed by atoms with E-state index >= 15 is 0 Å². The zero-order chi connectivity index (χ0) is 20.7. The number of rotatable bonds is 3. The smallest absolute Gasteiger partial charge is 0.407 e. The van der Waals surface area contributed by atoms with Gasteiger partial charge in [-0.05, 0) is 46.9 Å². The van der Waals surface area contributed by atoms with Gasteiger partial charge in [0.2, 0.25) is 0 Å². The van der Waals surface area contributed by atoms with Gasteiger partial charge in [0.15, 0.2) is 0 Å². The lowest BCUT2D eigenvalue weighted by Crippen LogP contribution is -2.33. The van der Waals surface area contributed by atoms with E-state index in [9.17, 15) is 9.18 Å². The standard InChI is InChI=1S/C21H18Cl2FN3O2/c1-11(18-16(22)2-3-17(24)19(18)23)15-10-26-20-14(15)8-13(9-25-20)12-4-6-27(7-5-12)21(28)29/h2-4,8-11H,5-7H2,1H3,(H,25,26)(H,28,29). The predicted octanol–water partition coefficient (Wildman–Crippen LogP) is 5.93. The Kier molecular flexibility index (Phi) is 5.23. The number of nitrogens with one attached hydrogen (secondary N) is 1. The third-order valence-electron chi connectivity index (χ3n) is 5.39. The highest BCUT2D eigenvalue weighted by Crippen LogP contribution is 2.39. The normalized spacial score (nSPS) is 15.4. The van der Waals surface area contributed by atoms with Crippen molar-refractivity contribution < 1.29 is 14.3 Å². The van der Waals surface area contributed by atoms with Gasteiger partial charge in [-0.2, -0.15) is 0 Å². The number of fused-ring (bicyclic) bond motifs is 1. The number of aromatic nitrogens is 2. The second-order valence-electron chi connectivity index (χ2n) is 7.05. The Morgan fingerprint density at radius 3 is 2.86 bits per heavy atom. The zero-order valence-electron chi connectivity index (χ0n) is 15.5. The summed E-state index contributed by atoms with van der Waals surface area (Å²) >= 11 is 12.5. The number of carboxylic acid groups (broad SMARTS) is 1. The number of halogens is 3. The summed E-state index contributed by atoms with van der Waals surface area (Å²) in [6.07, 6.45) is 5.23. The molecule has 29 heavy (non-hydrogen) atoms. The summed E-state index contributed by atoms with van der Waals surface area (Å²) in [5, 5.41) is 10.4. The Morgan fingerprint density at radius 2 is 2.17 bits per heavy atom. The molecule has 4 rings (SSSR count). The fraction of sp³-hybridized carbons (Fsp3) is 0.238. The van der Waals surface area contributed by atoms with Crippen molar-refractivity contribution in [1.82, 2.24) is 14.9 Å². The Morgan fingerprint density at radius 1 is 1.38 bits per heavy atom. The van der Waals surface area contributed by atoms with E-state index in [2.05, 4.69) is 9.97 Å². The summed E-state index contributed by atoms with van der Waals surface area (Å²) in [5.41, 5.74) is 4.15. The number of hydrogen-bond donors (Lipinski definition) is 2. The molecule has 3 aromatic rings. The molecular formula is C21H18Cl2FN3O2. The van der Waals surface area contributed by atoms with Crippen LogP contribution >= 0.6 is 23.2 Å². The van der Waals surface area contributed by atoms with Crippen LogP contribution in [-0.2, 0) is 0 Å². The Hall–Kier alpha value is -2.57. The van der Waals surface area contributed by atoms with Gasteiger partial charge in [0.05, 0.1) is 5.02 Å². The number of H-pyrrole nitrogens is 1. The minimum atomic E-state index is -0.917. The topological polar surface area (TPSA) is 69.2 Å². The summed E-state index contributed by atoms with van der Waals surface area (Å²) in [7, 11) is 0. The Bertz CT molecular complexity index is 1140. The largest absolute Gasteiger partial charge is 0.465 e. The molecule has 1 aromatic carbocycles. The number of carbonyl (C=O) groups is 1. The molecule has 1 amide bonds. The monoisotopic (exact) mass is 433 g/mol. The van der Waals surface area contributed by atoms with Crippen molar-refractivity contribution in [2.24, 2.45) is 0 Å². The molecule has 1 aliphatic heterocycles. The van der Waals surface area contributed by atoms with E-state index in [1.807, 2.05) is 25.3 Å². The molecule has 8 heteroatoms. The van der Waals surface area contributed by atoms with Crippen LogP contribution in [0.4, 0.5) is 9.18 Å². The SMILES string of the molecule is CC(c1c(Cl)ccc(F)c1Cl)c1c[nH]c2ncc(C3=CCN(C(=O)O)CC3)cc12. The molecule has 1 unspecified atom stereocenters. The van der Waals surface area contributed by atoms with Gasteiger partial charge in [-0.15, -0.1) is 0 Å². The maximum atomic E-state index is 14.0. The number of benzene rings is 1. The average molecular weight is 434 g/mol. The molecule has 0 aliphatic carbocycles. The number of pyridine rings is 1. The molecule has 1 aliphatic rings. The maximum absolute atomic E-state index is 14.0. The van der Waals surface area contributed by atoms with E-state index in [4.69, 9.17) is 28.3 Å². The molecule has 2 N–H and O–H groups in total. The van der Waals surface area contributed by atoms with E-state index in [0.717, 1.165) is 22.1 Å². The number of nitrogens with zero attached hydrogens (tertiary/aromatic N) is 2. The summed E-state index contributed by atoms with van der Waals surface area (Å²) < 4.78 is 14.0. The van der Waals surface area contributed by atoms with E-state index < -0.39 is 11.9 Å². The lowest BCUT2D eigenvalue weighted by atomic mass is 9.92. The van der Waals surface area contributed by atoms with Crippen LogP contribution in [0.5, 0.6) is 0 Å². The van der Waals surface area contributed by atoms with E-state index in [1.165, 1.54) is 17.0 Å². The van der Waals surface area contributed by atoms with E-state index in [1.54, 1.807) is 6.20 Å². The van der Waals surface area contributed by atoms with Gasteiger partial charge in [-0.1, -0.05) is 36.2 Å². The summed E-state index contributed by atoms with van der Waals surface area (Å²) in [5.74, 6) is -0.758. The predicted molar refractivity (Wildman–Crippen MR) is 112 cm³/mol. The molecule has 150 valence electrons. The average Bonchev–Trinajstić information content (AvgIpc) is 3.14. The molecule has 0 fully saturated rings. The van der Waals surface area contributed by atoms with Crippen molar-refractivity contribution in [3.8, 4) is 0 Å². The lowest BCUT2D eigenvalue weighted by molar-refractivity contribution is 0.150. The van der Waals surface area contributed by atoms with Gasteiger partial charge in [0, 0.05) is 41.8 Å². The third-order valence-corrected chi connectivity index (χ3v) is 6.11. The van der Waals surface area contributed by atoms with Crippen molar-refractivity contribution in [1.29, 1.82) is 0 Å². The van der Waals surface area contributed by atoms with Crippen LogP contribution in [-0.4, -0.2) is 39.2 Å². The molecule has 0 saturated heterocycles. The maximum Gasteiger partial charge on any atom is 0.407 e. The van der Waals surface area contributed by atoms with Crippen LogP contribution in [0.1, 0.15) is 36.0 Å². The highest BCUT2D eigenvalue weighted by molar-refractivity contribution is 6.36. The molecule has 0 bridgehead atoms. The molecule has 0 radical (unpaired) electrons. The van der Waals surface area contributed by atoms with Crippen LogP contribution < -0.4 is 0 Å². The van der Waals surface area contributed by atoms with Crippen molar-refractivity contribution in [2.45, 2.75) is 19.3 Å². The van der Waals surface area contributed by atoms with Gasteiger partial charge in [-0.25, -0.2) is 14.2 Å². The first-order valence-corrected chi connectivity index (χ1v) is 9.90. The first-order valence-electron chi connectivity index (χ1n) is 9.14. The zero-order valence-corrected chi connectivity index (χ0v) is 17.1. The van der Waals surface area contributed by atoms with E-state index in [0.29, 0.717) is 35.7 Å². The molecule has 1 atom stereocenters. The van der Waals surface area contributed by atoms with Crippen LogP contribution in [0.15, 0.2) is 36.7 Å². The third kappa shape index (κ3) is 3.58. The minimum Gasteiger partial charge on any atom is -0.465 e. The highest BCUT2D eigenvalue weighted by Gasteiger charge is 2.22. The van der Waals surface area contributed by atoms with Gasteiger partial charge < -0.3 is 15.0 Å². The molecule has 0 saturated carbocycles. The second-order valence-corrected chi connectivity index (χ2v) is 7.84. The molecule has 2 aromatic heterocycles. The van der Waals surface area contributed by atoms with Gasteiger partial charge >= 0.3 is 6.09 Å². The Labute approximate surface area is 176 Å². The van der Waals surface area contributed by atoms with E-state index in [-0.39, 0.29) is 10.9 Å².